The molecule has 0 spiro atoms. The van der Waals surface area contributed by atoms with Crippen molar-refractivity contribution in [3.8, 4) is 0 Å². The summed E-state index contributed by atoms with van der Waals surface area (Å²) in [5.41, 5.74) is 5.62. The lowest BCUT2D eigenvalue weighted by molar-refractivity contribution is -0.118. The van der Waals surface area contributed by atoms with Crippen LogP contribution in [0.3, 0.4) is 0 Å². The quantitative estimate of drug-likeness (QED) is 0.784. The van der Waals surface area contributed by atoms with Crippen LogP contribution in [0.4, 0.5) is 5.82 Å². The van der Waals surface area contributed by atoms with Gasteiger partial charge in [0, 0.05) is 12.4 Å². The van der Waals surface area contributed by atoms with Crippen LogP contribution in [0.2, 0.25) is 0 Å². The van der Waals surface area contributed by atoms with Gasteiger partial charge in [-0.3, -0.25) is 4.79 Å². The smallest absolute Gasteiger partial charge is 0.230 e. The van der Waals surface area contributed by atoms with Crippen molar-refractivity contribution >= 4 is 23.5 Å². The number of carbonyl (C=O) groups excluding carboxylic acids is 1. The zero-order valence-electron chi connectivity index (χ0n) is 9.50. The Morgan fingerprint density at radius 1 is 1.44 bits per heavy atom. The van der Waals surface area contributed by atoms with E-state index in [9.17, 15) is 4.79 Å². The molecule has 94 valence electrons. The maximum atomic E-state index is 11.6. The largest absolute Gasteiger partial charge is 0.467 e. The number of nitrogens with one attached hydrogen (secondary N) is 1. The van der Waals surface area contributed by atoms with Gasteiger partial charge in [-0.2, -0.15) is 0 Å². The lowest BCUT2D eigenvalue weighted by Gasteiger charge is -2.04. The molecule has 7 heteroatoms. The van der Waals surface area contributed by atoms with E-state index in [1.807, 2.05) is 0 Å². The second-order valence-electron chi connectivity index (χ2n) is 3.39. The maximum absolute atomic E-state index is 11.6. The first-order valence-electron chi connectivity index (χ1n) is 5.24. The number of nitrogen functional groups attached to an aromatic ring is 1. The zero-order chi connectivity index (χ0) is 12.8. The normalized spacial score (nSPS) is 10.2. The summed E-state index contributed by atoms with van der Waals surface area (Å²) in [6.45, 7) is 0.377. The van der Waals surface area contributed by atoms with E-state index >= 15 is 0 Å². The van der Waals surface area contributed by atoms with Crippen molar-refractivity contribution in [3.05, 3.63) is 36.5 Å². The first-order chi connectivity index (χ1) is 8.75. The van der Waals surface area contributed by atoms with Gasteiger partial charge in [0.1, 0.15) is 10.8 Å². The summed E-state index contributed by atoms with van der Waals surface area (Å²) in [5, 5.41) is 3.29. The summed E-state index contributed by atoms with van der Waals surface area (Å²) >= 11 is 1.25. The van der Waals surface area contributed by atoms with Crippen molar-refractivity contribution in [1.82, 2.24) is 15.3 Å². The van der Waals surface area contributed by atoms with Gasteiger partial charge in [0.2, 0.25) is 5.91 Å². The number of nitrogens with two attached hydrogens (primary N) is 1. The highest BCUT2D eigenvalue weighted by molar-refractivity contribution is 8.00. The lowest BCUT2D eigenvalue weighted by Crippen LogP contribution is -2.24. The molecule has 2 aromatic rings. The van der Waals surface area contributed by atoms with Gasteiger partial charge in [-0.25, -0.2) is 9.97 Å². The molecule has 2 heterocycles. The summed E-state index contributed by atoms with van der Waals surface area (Å²) < 4.78 is 5.10. The second-order valence-corrected chi connectivity index (χ2v) is 4.36. The fraction of sp³-hybridized carbons (Fsp3) is 0.182. The second kappa shape index (κ2) is 6.06. The monoisotopic (exact) mass is 264 g/mol. The van der Waals surface area contributed by atoms with E-state index in [2.05, 4.69) is 15.3 Å². The predicted octanol–water partition coefficient (Wildman–Crippen LogP) is 1.06. The SMILES string of the molecule is Nc1nccnc1SCC(=O)NCc1ccco1. The van der Waals surface area contributed by atoms with Gasteiger partial charge in [0.25, 0.3) is 0 Å². The molecule has 3 N–H and O–H groups in total. The molecule has 0 unspecified atom stereocenters. The van der Waals surface area contributed by atoms with Crippen molar-refractivity contribution in [1.29, 1.82) is 0 Å². The van der Waals surface area contributed by atoms with Gasteiger partial charge in [-0.05, 0) is 12.1 Å². The standard InChI is InChI=1S/C11H12N4O2S/c12-10-11(14-4-3-13-10)18-7-9(16)15-6-8-2-1-5-17-8/h1-5H,6-7H2,(H2,12,13)(H,15,16). The molecule has 18 heavy (non-hydrogen) atoms. The van der Waals surface area contributed by atoms with Crippen LogP contribution in [-0.4, -0.2) is 21.6 Å². The Bertz CT molecular complexity index is 516. The molecular weight excluding hydrogens is 252 g/mol. The predicted molar refractivity (Wildman–Crippen MR) is 67.7 cm³/mol. The van der Waals surface area contributed by atoms with Crippen LogP contribution in [0, 0.1) is 0 Å². The van der Waals surface area contributed by atoms with E-state index in [0.29, 0.717) is 23.1 Å². The molecule has 0 aliphatic heterocycles. The van der Waals surface area contributed by atoms with E-state index in [0.717, 1.165) is 0 Å². The average molecular weight is 264 g/mol. The van der Waals surface area contributed by atoms with E-state index in [4.69, 9.17) is 10.2 Å². The van der Waals surface area contributed by atoms with Gasteiger partial charge in [-0.15, -0.1) is 0 Å². The van der Waals surface area contributed by atoms with Crippen LogP contribution in [0.1, 0.15) is 5.76 Å². The van der Waals surface area contributed by atoms with Crippen LogP contribution in [0.5, 0.6) is 0 Å². The summed E-state index contributed by atoms with van der Waals surface area (Å²) in [6, 6.07) is 3.57. The van der Waals surface area contributed by atoms with Gasteiger partial charge in [-0.1, -0.05) is 11.8 Å². The van der Waals surface area contributed by atoms with Crippen molar-refractivity contribution in [2.75, 3.05) is 11.5 Å². The minimum atomic E-state index is -0.110. The molecule has 0 saturated heterocycles. The third-order valence-electron chi connectivity index (χ3n) is 2.07. The molecule has 2 aromatic heterocycles. The summed E-state index contributed by atoms with van der Waals surface area (Å²) in [6.07, 6.45) is 4.62. The Kier molecular flexibility index (Phi) is 4.19. The Hall–Kier alpha value is -2.02. The average Bonchev–Trinajstić information content (AvgIpc) is 2.88. The van der Waals surface area contributed by atoms with Gasteiger partial charge < -0.3 is 15.5 Å². The fourth-order valence-electron chi connectivity index (χ4n) is 1.23. The van der Waals surface area contributed by atoms with E-state index in [1.54, 1.807) is 24.6 Å². The summed E-state index contributed by atoms with van der Waals surface area (Å²) in [5.74, 6) is 1.18. The molecule has 0 aromatic carbocycles. The molecule has 0 bridgehead atoms. The maximum Gasteiger partial charge on any atom is 0.230 e. The molecule has 2 rings (SSSR count). The van der Waals surface area contributed by atoms with Crippen molar-refractivity contribution in [2.24, 2.45) is 0 Å². The molecule has 0 radical (unpaired) electrons. The van der Waals surface area contributed by atoms with Crippen molar-refractivity contribution in [3.63, 3.8) is 0 Å². The van der Waals surface area contributed by atoms with Gasteiger partial charge in [0.15, 0.2) is 5.82 Å². The van der Waals surface area contributed by atoms with Crippen LogP contribution >= 0.6 is 11.8 Å². The van der Waals surface area contributed by atoms with Crippen LogP contribution < -0.4 is 11.1 Å². The minimum Gasteiger partial charge on any atom is -0.467 e. The fourth-order valence-corrected chi connectivity index (χ4v) is 1.94. The highest BCUT2D eigenvalue weighted by Gasteiger charge is 2.07. The molecule has 0 fully saturated rings. The Balaban J connectivity index is 1.77. The van der Waals surface area contributed by atoms with E-state index < -0.39 is 0 Å². The number of thioether (sulfide) groups is 1. The third-order valence-corrected chi connectivity index (χ3v) is 3.07. The van der Waals surface area contributed by atoms with Gasteiger partial charge >= 0.3 is 0 Å². The first-order valence-corrected chi connectivity index (χ1v) is 6.22. The van der Waals surface area contributed by atoms with Crippen LogP contribution in [-0.2, 0) is 11.3 Å². The summed E-state index contributed by atoms with van der Waals surface area (Å²) in [4.78, 5) is 19.5. The topological polar surface area (TPSA) is 94.0 Å². The lowest BCUT2D eigenvalue weighted by atomic mass is 10.4. The highest BCUT2D eigenvalue weighted by Crippen LogP contribution is 2.18. The number of amides is 1. The summed E-state index contributed by atoms with van der Waals surface area (Å²) in [7, 11) is 0. The Morgan fingerprint density at radius 2 is 2.28 bits per heavy atom. The Labute approximate surface area is 108 Å². The number of carbonyl (C=O) groups is 1. The number of anilines is 1. The van der Waals surface area contributed by atoms with Crippen LogP contribution in [0.25, 0.3) is 0 Å². The van der Waals surface area contributed by atoms with E-state index in [1.165, 1.54) is 18.0 Å². The molecule has 0 saturated carbocycles. The van der Waals surface area contributed by atoms with Crippen LogP contribution in [0.15, 0.2) is 40.2 Å². The molecular formula is C11H12N4O2S. The van der Waals surface area contributed by atoms with Crippen molar-refractivity contribution in [2.45, 2.75) is 11.6 Å². The number of hydrogen-bond donors (Lipinski definition) is 2. The number of rotatable bonds is 5. The molecule has 0 aliphatic rings. The Morgan fingerprint density at radius 3 is 3.00 bits per heavy atom. The number of aromatic nitrogens is 2. The minimum absolute atomic E-state index is 0.110. The molecule has 0 atom stereocenters. The number of hydrogen-bond acceptors (Lipinski definition) is 6. The molecule has 6 nitrogen and oxygen atoms in total. The number of nitrogens with zero attached hydrogens (tertiary/aromatic N) is 2. The first kappa shape index (κ1) is 12.4. The zero-order valence-corrected chi connectivity index (χ0v) is 10.3. The molecule has 0 aliphatic carbocycles. The van der Waals surface area contributed by atoms with Crippen molar-refractivity contribution < 1.29 is 9.21 Å². The highest BCUT2D eigenvalue weighted by atomic mass is 32.2. The van der Waals surface area contributed by atoms with E-state index in [-0.39, 0.29) is 11.7 Å². The molecule has 1 amide bonds. The third kappa shape index (κ3) is 3.49. The number of furan rings is 1. The van der Waals surface area contributed by atoms with Gasteiger partial charge in [0.05, 0.1) is 18.6 Å².